The van der Waals surface area contributed by atoms with Gasteiger partial charge < -0.3 is 10.8 Å². The largest absolute Gasteiger partial charge is 0.479 e. The molecule has 1 unspecified atom stereocenters. The number of rotatable bonds is 5. The first kappa shape index (κ1) is 12.7. The van der Waals surface area contributed by atoms with E-state index in [0.29, 0.717) is 0 Å². The van der Waals surface area contributed by atoms with Crippen molar-refractivity contribution in [2.24, 2.45) is 5.73 Å². The van der Waals surface area contributed by atoms with E-state index < -0.39 is 21.0 Å². The van der Waals surface area contributed by atoms with Gasteiger partial charge in [-0.05, 0) is 12.0 Å². The normalized spacial score (nSPS) is 16.5. The summed E-state index contributed by atoms with van der Waals surface area (Å²) in [4.78, 5) is 7.91. The Morgan fingerprint density at radius 1 is 1.62 bits per heavy atom. The molecule has 0 saturated carbocycles. The van der Waals surface area contributed by atoms with Crippen molar-refractivity contribution in [1.29, 1.82) is 0 Å². The molecule has 0 amide bonds. The van der Waals surface area contributed by atoms with Gasteiger partial charge in [0.2, 0.25) is 4.87 Å². The lowest BCUT2D eigenvalue weighted by atomic mass is 10.2. The fourth-order valence-electron chi connectivity index (χ4n) is 0.600. The van der Waals surface area contributed by atoms with Crippen LogP contribution >= 0.6 is 11.8 Å². The van der Waals surface area contributed by atoms with E-state index in [1.165, 1.54) is 11.8 Å². The van der Waals surface area contributed by atoms with Gasteiger partial charge in [-0.3, -0.25) is 4.55 Å². The molecule has 0 saturated heterocycles. The minimum absolute atomic E-state index is 0.239. The second kappa shape index (κ2) is 4.27. The van der Waals surface area contributed by atoms with Gasteiger partial charge in [-0.2, -0.15) is 20.2 Å². The zero-order valence-corrected chi connectivity index (χ0v) is 8.56. The molecular formula is C5H11NO5S2. The summed E-state index contributed by atoms with van der Waals surface area (Å²) < 4.78 is 29.9. The highest BCUT2D eigenvalue weighted by Gasteiger charge is 2.46. The Hall–Kier alpha value is -0.310. The number of carbonyl (C=O) groups is 1. The number of carboxylic acid groups (broad SMARTS) is 1. The summed E-state index contributed by atoms with van der Waals surface area (Å²) in [5.74, 6) is -1.51. The number of hydrogen-bond acceptors (Lipinski definition) is 5. The molecule has 8 heteroatoms. The Morgan fingerprint density at radius 3 is 2.31 bits per heavy atom. The predicted molar refractivity (Wildman–Crippen MR) is 49.1 cm³/mol. The van der Waals surface area contributed by atoms with E-state index >= 15 is 0 Å². The van der Waals surface area contributed by atoms with Gasteiger partial charge in [0, 0.05) is 6.42 Å². The summed E-state index contributed by atoms with van der Waals surface area (Å²) in [5, 5.41) is 8.52. The van der Waals surface area contributed by atoms with Crippen molar-refractivity contribution in [2.75, 3.05) is 12.0 Å². The molecule has 0 aromatic rings. The minimum atomic E-state index is -4.77. The molecule has 0 radical (unpaired) electrons. The molecule has 0 aromatic carbocycles. The van der Waals surface area contributed by atoms with Crippen molar-refractivity contribution in [3.8, 4) is 0 Å². The Morgan fingerprint density at radius 2 is 2.08 bits per heavy atom. The van der Waals surface area contributed by atoms with Crippen molar-refractivity contribution >= 4 is 27.8 Å². The number of carboxylic acids is 1. The summed E-state index contributed by atoms with van der Waals surface area (Å²) in [6, 6.07) is 0. The topological polar surface area (TPSA) is 118 Å². The monoisotopic (exact) mass is 229 g/mol. The van der Waals surface area contributed by atoms with Crippen LogP contribution in [0.4, 0.5) is 0 Å². The molecule has 0 aliphatic rings. The van der Waals surface area contributed by atoms with Crippen LogP contribution in [0.25, 0.3) is 0 Å². The molecule has 0 fully saturated rings. The van der Waals surface area contributed by atoms with Gasteiger partial charge in [-0.25, -0.2) is 4.79 Å². The van der Waals surface area contributed by atoms with E-state index in [4.69, 9.17) is 15.4 Å². The smallest absolute Gasteiger partial charge is 0.342 e. The quantitative estimate of drug-likeness (QED) is 0.537. The molecule has 4 N–H and O–H groups in total. The predicted octanol–water partition coefficient (Wildman–Crippen LogP) is -0.633. The van der Waals surface area contributed by atoms with Crippen molar-refractivity contribution in [1.82, 2.24) is 0 Å². The van der Waals surface area contributed by atoms with Gasteiger partial charge in [0.15, 0.2) is 0 Å². The molecule has 0 aliphatic heterocycles. The van der Waals surface area contributed by atoms with E-state index in [1.807, 2.05) is 0 Å². The molecule has 6 nitrogen and oxygen atoms in total. The fraction of sp³-hybridized carbons (Fsp3) is 0.800. The van der Waals surface area contributed by atoms with E-state index in [9.17, 15) is 13.2 Å². The Bertz CT molecular complexity index is 287. The van der Waals surface area contributed by atoms with Crippen LogP contribution in [0.5, 0.6) is 0 Å². The lowest BCUT2D eigenvalue weighted by molar-refractivity contribution is -0.140. The highest BCUT2D eigenvalue weighted by molar-refractivity contribution is 7.98. The molecule has 78 valence electrons. The first-order valence-electron chi connectivity index (χ1n) is 3.24. The van der Waals surface area contributed by atoms with E-state index in [-0.39, 0.29) is 12.2 Å². The van der Waals surface area contributed by atoms with Crippen LogP contribution in [0.15, 0.2) is 0 Å². The Balaban J connectivity index is 4.86. The van der Waals surface area contributed by atoms with Crippen LogP contribution in [-0.2, 0) is 14.9 Å². The van der Waals surface area contributed by atoms with Gasteiger partial charge in [-0.1, -0.05) is 0 Å². The number of aliphatic carboxylic acids is 1. The van der Waals surface area contributed by atoms with Gasteiger partial charge in [0.25, 0.3) is 10.1 Å². The summed E-state index contributed by atoms with van der Waals surface area (Å²) in [5.41, 5.74) is 5.05. The summed E-state index contributed by atoms with van der Waals surface area (Å²) in [6.07, 6.45) is 1.34. The maximum absolute atomic E-state index is 10.6. The standard InChI is InChI=1S/C5H11NO5S2/c1-12-3-2-5(6,4(7)8)13(9,10)11/h2-3,6H2,1H3,(H,7,8)(H,9,10,11). The minimum Gasteiger partial charge on any atom is -0.479 e. The Labute approximate surface area is 80.2 Å². The second-order valence-corrected chi connectivity index (χ2v) is 5.08. The van der Waals surface area contributed by atoms with Crippen LogP contribution in [0.2, 0.25) is 0 Å². The van der Waals surface area contributed by atoms with E-state index in [2.05, 4.69) is 0 Å². The lowest BCUT2D eigenvalue weighted by Crippen LogP contribution is -2.54. The van der Waals surface area contributed by atoms with E-state index in [1.54, 1.807) is 6.26 Å². The SMILES string of the molecule is CSCCC(N)(C(=O)O)S(=O)(=O)O. The molecule has 1 atom stereocenters. The third kappa shape index (κ3) is 2.83. The van der Waals surface area contributed by atoms with Crippen LogP contribution in [0.1, 0.15) is 6.42 Å². The van der Waals surface area contributed by atoms with Crippen molar-refractivity contribution in [2.45, 2.75) is 11.3 Å². The van der Waals surface area contributed by atoms with Gasteiger partial charge in [-0.15, -0.1) is 0 Å². The third-order valence-corrected chi connectivity index (χ3v) is 3.41. The first-order valence-corrected chi connectivity index (χ1v) is 6.07. The average molecular weight is 229 g/mol. The molecule has 0 rings (SSSR count). The van der Waals surface area contributed by atoms with Crippen LogP contribution in [0, 0.1) is 0 Å². The van der Waals surface area contributed by atoms with Crippen molar-refractivity contribution in [3.63, 3.8) is 0 Å². The second-order valence-electron chi connectivity index (χ2n) is 2.41. The van der Waals surface area contributed by atoms with Crippen molar-refractivity contribution < 1.29 is 22.9 Å². The molecule has 13 heavy (non-hydrogen) atoms. The summed E-state index contributed by atoms with van der Waals surface area (Å²) >= 11 is 1.24. The van der Waals surface area contributed by atoms with Gasteiger partial charge in [0.05, 0.1) is 0 Å². The molecule has 0 aliphatic carbocycles. The highest BCUT2D eigenvalue weighted by Crippen LogP contribution is 2.16. The Kier molecular flexibility index (Phi) is 4.17. The average Bonchev–Trinajstić information content (AvgIpc) is 1.97. The van der Waals surface area contributed by atoms with Crippen LogP contribution < -0.4 is 5.73 Å². The fourth-order valence-corrected chi connectivity index (χ4v) is 1.84. The molecule has 0 bridgehead atoms. The third-order valence-electron chi connectivity index (χ3n) is 1.50. The lowest BCUT2D eigenvalue weighted by Gasteiger charge is -2.20. The first-order chi connectivity index (χ1) is 5.75. The van der Waals surface area contributed by atoms with Gasteiger partial charge in [0.1, 0.15) is 0 Å². The van der Waals surface area contributed by atoms with E-state index in [0.717, 1.165) is 0 Å². The number of thioether (sulfide) groups is 1. The zero-order valence-electron chi connectivity index (χ0n) is 6.93. The van der Waals surface area contributed by atoms with Crippen molar-refractivity contribution in [3.05, 3.63) is 0 Å². The molecular weight excluding hydrogens is 218 g/mol. The molecule has 0 heterocycles. The maximum atomic E-state index is 10.6. The van der Waals surface area contributed by atoms with Crippen LogP contribution in [-0.4, -0.2) is 40.9 Å². The zero-order chi connectivity index (χ0) is 10.7. The van der Waals surface area contributed by atoms with Gasteiger partial charge >= 0.3 is 5.97 Å². The summed E-state index contributed by atoms with van der Waals surface area (Å²) in [6.45, 7) is 0. The maximum Gasteiger partial charge on any atom is 0.342 e. The highest BCUT2D eigenvalue weighted by atomic mass is 32.2. The molecule has 0 aromatic heterocycles. The van der Waals surface area contributed by atoms with Crippen LogP contribution in [0.3, 0.4) is 0 Å². The number of hydrogen-bond donors (Lipinski definition) is 3. The number of nitrogens with two attached hydrogens (primary N) is 1. The molecule has 0 spiro atoms. The summed E-state index contributed by atoms with van der Waals surface area (Å²) in [7, 11) is -4.77.